The fourth-order valence-corrected chi connectivity index (χ4v) is 2.16. The Morgan fingerprint density at radius 3 is 2.90 bits per heavy atom. The second kappa shape index (κ2) is 7.04. The smallest absolute Gasteiger partial charge is 0.253 e. The topological polar surface area (TPSA) is 56.6 Å². The van der Waals surface area contributed by atoms with Crippen LogP contribution < -0.4 is 0 Å². The monoisotopic (exact) mass is 273 g/mol. The van der Waals surface area contributed by atoms with Gasteiger partial charge in [0, 0.05) is 38.8 Å². The molecule has 0 atom stereocenters. The first-order valence-corrected chi connectivity index (χ1v) is 6.76. The van der Waals surface area contributed by atoms with E-state index in [-0.39, 0.29) is 5.91 Å². The first-order chi connectivity index (χ1) is 9.70. The molecule has 20 heavy (non-hydrogen) atoms. The van der Waals surface area contributed by atoms with Gasteiger partial charge in [-0.15, -0.1) is 0 Å². The molecule has 0 N–H and O–H groups in total. The lowest BCUT2D eigenvalue weighted by atomic mass is 10.1. The van der Waals surface area contributed by atoms with Crippen LogP contribution in [0.1, 0.15) is 15.9 Å². The van der Waals surface area contributed by atoms with E-state index in [4.69, 9.17) is 10.00 Å². The van der Waals surface area contributed by atoms with Gasteiger partial charge in [0.15, 0.2) is 0 Å². The van der Waals surface area contributed by atoms with Crippen molar-refractivity contribution in [3.05, 3.63) is 35.4 Å². The molecule has 1 fully saturated rings. The molecule has 0 bridgehead atoms. The average molecular weight is 273 g/mol. The highest BCUT2D eigenvalue weighted by atomic mass is 16.5. The Bertz CT molecular complexity index is 504. The summed E-state index contributed by atoms with van der Waals surface area (Å²) in [6.45, 7) is 4.90. The number of likely N-dealkylation sites (N-methyl/N-ethyl adjacent to an activating group) is 1. The van der Waals surface area contributed by atoms with Crippen molar-refractivity contribution in [2.24, 2.45) is 0 Å². The highest BCUT2D eigenvalue weighted by Crippen LogP contribution is 2.07. The number of morpholine rings is 1. The van der Waals surface area contributed by atoms with Gasteiger partial charge in [-0.05, 0) is 18.2 Å². The van der Waals surface area contributed by atoms with Gasteiger partial charge in [-0.2, -0.15) is 5.26 Å². The maximum absolute atomic E-state index is 12.3. The van der Waals surface area contributed by atoms with E-state index in [0.717, 1.165) is 32.8 Å². The van der Waals surface area contributed by atoms with E-state index in [1.807, 2.05) is 0 Å². The maximum Gasteiger partial charge on any atom is 0.253 e. The number of nitrogens with zero attached hydrogens (tertiary/aromatic N) is 3. The number of benzene rings is 1. The molecule has 106 valence electrons. The van der Waals surface area contributed by atoms with Crippen LogP contribution in [0.3, 0.4) is 0 Å². The lowest BCUT2D eigenvalue weighted by molar-refractivity contribution is 0.0338. The number of amides is 1. The van der Waals surface area contributed by atoms with Gasteiger partial charge in [-0.25, -0.2) is 0 Å². The molecule has 0 spiro atoms. The average Bonchev–Trinajstić information content (AvgIpc) is 2.53. The number of carbonyl (C=O) groups is 1. The van der Waals surface area contributed by atoms with Gasteiger partial charge in [0.25, 0.3) is 5.91 Å². The quantitative estimate of drug-likeness (QED) is 0.820. The zero-order valence-corrected chi connectivity index (χ0v) is 11.7. The third-order valence-corrected chi connectivity index (χ3v) is 3.44. The Hall–Kier alpha value is -1.90. The van der Waals surface area contributed by atoms with Gasteiger partial charge < -0.3 is 9.64 Å². The number of hydrogen-bond donors (Lipinski definition) is 0. The normalized spacial score (nSPS) is 15.6. The van der Waals surface area contributed by atoms with Crippen molar-refractivity contribution in [2.45, 2.75) is 0 Å². The summed E-state index contributed by atoms with van der Waals surface area (Å²) in [7, 11) is 1.79. The third kappa shape index (κ3) is 3.80. The number of carbonyl (C=O) groups excluding carboxylic acids is 1. The van der Waals surface area contributed by atoms with Crippen LogP contribution in [0.4, 0.5) is 0 Å². The van der Waals surface area contributed by atoms with E-state index in [0.29, 0.717) is 17.7 Å². The molecule has 5 heteroatoms. The van der Waals surface area contributed by atoms with Gasteiger partial charge in [0.2, 0.25) is 0 Å². The molecule has 2 rings (SSSR count). The molecule has 1 aromatic carbocycles. The van der Waals surface area contributed by atoms with Crippen molar-refractivity contribution in [3.63, 3.8) is 0 Å². The summed E-state index contributed by atoms with van der Waals surface area (Å²) in [6, 6.07) is 8.87. The number of ether oxygens (including phenoxy) is 1. The van der Waals surface area contributed by atoms with Crippen LogP contribution in [0.25, 0.3) is 0 Å². The number of nitriles is 1. The van der Waals surface area contributed by atoms with E-state index < -0.39 is 0 Å². The highest BCUT2D eigenvalue weighted by Gasteiger charge is 2.15. The van der Waals surface area contributed by atoms with Crippen LogP contribution >= 0.6 is 0 Å². The second-order valence-corrected chi connectivity index (χ2v) is 4.87. The molecule has 0 aromatic heterocycles. The Morgan fingerprint density at radius 1 is 1.45 bits per heavy atom. The molecular weight excluding hydrogens is 254 g/mol. The van der Waals surface area contributed by atoms with Crippen LogP contribution in [-0.4, -0.2) is 62.1 Å². The summed E-state index contributed by atoms with van der Waals surface area (Å²) >= 11 is 0. The zero-order chi connectivity index (χ0) is 14.4. The number of hydrogen-bond acceptors (Lipinski definition) is 4. The largest absolute Gasteiger partial charge is 0.379 e. The van der Waals surface area contributed by atoms with Crippen molar-refractivity contribution >= 4 is 5.91 Å². The summed E-state index contributed by atoms with van der Waals surface area (Å²) in [6.07, 6.45) is 0. The molecule has 5 nitrogen and oxygen atoms in total. The Labute approximate surface area is 119 Å². The van der Waals surface area contributed by atoms with Crippen LogP contribution in [-0.2, 0) is 4.74 Å². The van der Waals surface area contributed by atoms with Crippen LogP contribution in [0.15, 0.2) is 24.3 Å². The molecule has 0 saturated carbocycles. The summed E-state index contributed by atoms with van der Waals surface area (Å²) in [5.74, 6) is -0.0460. The van der Waals surface area contributed by atoms with Gasteiger partial charge in [0.05, 0.1) is 24.8 Å². The first-order valence-electron chi connectivity index (χ1n) is 6.76. The summed E-state index contributed by atoms with van der Waals surface area (Å²) < 4.78 is 5.30. The fourth-order valence-electron chi connectivity index (χ4n) is 2.16. The molecule has 1 saturated heterocycles. The SMILES string of the molecule is CN(CCN1CCOCC1)C(=O)c1cccc(C#N)c1. The summed E-state index contributed by atoms with van der Waals surface area (Å²) in [5.41, 5.74) is 1.07. The Kier molecular flexibility index (Phi) is 5.10. The molecule has 0 radical (unpaired) electrons. The minimum Gasteiger partial charge on any atom is -0.379 e. The van der Waals surface area contributed by atoms with Crippen molar-refractivity contribution < 1.29 is 9.53 Å². The van der Waals surface area contributed by atoms with Crippen molar-refractivity contribution in [3.8, 4) is 6.07 Å². The molecular formula is C15H19N3O2. The van der Waals surface area contributed by atoms with Gasteiger partial charge in [-0.3, -0.25) is 9.69 Å². The second-order valence-electron chi connectivity index (χ2n) is 4.87. The molecule has 0 aliphatic carbocycles. The van der Waals surface area contributed by atoms with Gasteiger partial charge >= 0.3 is 0 Å². The van der Waals surface area contributed by atoms with E-state index >= 15 is 0 Å². The van der Waals surface area contributed by atoms with Crippen molar-refractivity contribution in [1.82, 2.24) is 9.80 Å². The molecule has 1 aliphatic heterocycles. The minimum atomic E-state index is -0.0460. The molecule has 1 heterocycles. The maximum atomic E-state index is 12.3. The molecule has 1 aromatic rings. The van der Waals surface area contributed by atoms with Crippen molar-refractivity contribution in [2.75, 3.05) is 46.4 Å². The van der Waals surface area contributed by atoms with Crippen LogP contribution in [0, 0.1) is 11.3 Å². The molecule has 0 unspecified atom stereocenters. The highest BCUT2D eigenvalue weighted by molar-refractivity contribution is 5.94. The van der Waals surface area contributed by atoms with E-state index in [1.165, 1.54) is 0 Å². The zero-order valence-electron chi connectivity index (χ0n) is 11.7. The van der Waals surface area contributed by atoms with Crippen LogP contribution in [0.5, 0.6) is 0 Å². The first kappa shape index (κ1) is 14.5. The van der Waals surface area contributed by atoms with Gasteiger partial charge in [0.1, 0.15) is 0 Å². The Balaban J connectivity index is 1.89. The third-order valence-electron chi connectivity index (χ3n) is 3.44. The fraction of sp³-hybridized carbons (Fsp3) is 0.467. The lowest BCUT2D eigenvalue weighted by Gasteiger charge is -2.28. The standard InChI is InChI=1S/C15H19N3O2/c1-17(5-6-18-7-9-20-10-8-18)15(19)14-4-2-3-13(11-14)12-16/h2-4,11H,5-10H2,1H3. The summed E-state index contributed by atoms with van der Waals surface area (Å²) in [4.78, 5) is 16.2. The summed E-state index contributed by atoms with van der Waals surface area (Å²) in [5, 5.41) is 8.86. The van der Waals surface area contributed by atoms with Crippen LogP contribution in [0.2, 0.25) is 0 Å². The minimum absolute atomic E-state index is 0.0460. The molecule has 1 aliphatic rings. The molecule has 1 amide bonds. The van der Waals surface area contributed by atoms with Crippen molar-refractivity contribution in [1.29, 1.82) is 5.26 Å². The Morgan fingerprint density at radius 2 is 2.20 bits per heavy atom. The number of rotatable bonds is 4. The predicted octanol–water partition coefficient (Wildman–Crippen LogP) is 0.962. The van der Waals surface area contributed by atoms with E-state index in [2.05, 4.69) is 11.0 Å². The van der Waals surface area contributed by atoms with E-state index in [9.17, 15) is 4.79 Å². The predicted molar refractivity (Wildman–Crippen MR) is 75.4 cm³/mol. The van der Waals surface area contributed by atoms with E-state index in [1.54, 1.807) is 36.2 Å². The van der Waals surface area contributed by atoms with Gasteiger partial charge in [-0.1, -0.05) is 6.07 Å². The lowest BCUT2D eigenvalue weighted by Crippen LogP contribution is -2.41.